The Morgan fingerprint density at radius 2 is 2.00 bits per heavy atom. The molecule has 0 aliphatic carbocycles. The topological polar surface area (TPSA) is 39.1 Å². The smallest absolute Gasteiger partial charge is 0.0841 e. The van der Waals surface area contributed by atoms with Gasteiger partial charge in [-0.15, -0.1) is 0 Å². The van der Waals surface area contributed by atoms with Crippen molar-refractivity contribution in [2.45, 2.75) is 46.2 Å². The van der Waals surface area contributed by atoms with Crippen LogP contribution in [-0.4, -0.2) is 29.5 Å². The molecule has 0 amide bonds. The molecule has 0 saturated heterocycles. The fourth-order valence-electron chi connectivity index (χ4n) is 2.38. The van der Waals surface area contributed by atoms with Crippen LogP contribution in [0.15, 0.2) is 24.3 Å². The van der Waals surface area contributed by atoms with E-state index in [4.69, 9.17) is 9.84 Å². The first kappa shape index (κ1) is 16.0. The molecule has 1 heterocycles. The summed E-state index contributed by atoms with van der Waals surface area (Å²) in [6, 6.07) is 8.44. The highest BCUT2D eigenvalue weighted by molar-refractivity contribution is 5.81. The molecule has 0 atom stereocenters. The third-order valence-electron chi connectivity index (χ3n) is 3.54. The van der Waals surface area contributed by atoms with Crippen molar-refractivity contribution in [3.8, 4) is 0 Å². The zero-order valence-corrected chi connectivity index (χ0v) is 13.3. The molecule has 116 valence electrons. The normalized spacial score (nSPS) is 11.3. The number of ether oxygens (including phenoxy) is 1. The minimum atomic E-state index is 0.730. The average molecular weight is 289 g/mol. The van der Waals surface area contributed by atoms with Gasteiger partial charge >= 0.3 is 0 Å². The van der Waals surface area contributed by atoms with Gasteiger partial charge in [0.15, 0.2) is 0 Å². The van der Waals surface area contributed by atoms with Crippen LogP contribution in [0.4, 0.5) is 0 Å². The average Bonchev–Trinajstić information content (AvgIpc) is 2.86. The van der Waals surface area contributed by atoms with Gasteiger partial charge in [-0.05, 0) is 25.5 Å². The van der Waals surface area contributed by atoms with Crippen LogP contribution < -0.4 is 5.32 Å². The Labute approximate surface area is 127 Å². The van der Waals surface area contributed by atoms with Crippen molar-refractivity contribution in [2.75, 3.05) is 19.8 Å². The number of hydrogen-bond acceptors (Lipinski definition) is 3. The number of benzene rings is 1. The molecule has 4 heteroatoms. The standard InChI is InChI=1S/C17H27N3O/c1-3-5-12-21-13-11-20-17-9-7-6-8-15(17)16(19-20)14-18-10-4-2/h6-9,18H,3-5,10-14H2,1-2H3. The van der Waals surface area contributed by atoms with Crippen molar-refractivity contribution in [3.63, 3.8) is 0 Å². The lowest BCUT2D eigenvalue weighted by molar-refractivity contribution is 0.122. The van der Waals surface area contributed by atoms with Gasteiger partial charge in [0.05, 0.1) is 24.4 Å². The molecule has 0 aliphatic heterocycles. The molecule has 4 nitrogen and oxygen atoms in total. The second-order valence-corrected chi connectivity index (χ2v) is 5.33. The predicted octanol–water partition coefficient (Wildman–Crippen LogP) is 3.35. The minimum Gasteiger partial charge on any atom is -0.380 e. The Bertz CT molecular complexity index is 536. The van der Waals surface area contributed by atoms with Crippen LogP contribution in [0.25, 0.3) is 10.9 Å². The molecule has 21 heavy (non-hydrogen) atoms. The van der Waals surface area contributed by atoms with Gasteiger partial charge in [-0.3, -0.25) is 4.68 Å². The third kappa shape index (κ3) is 4.55. The summed E-state index contributed by atoms with van der Waals surface area (Å²) in [6.45, 7) is 8.61. The van der Waals surface area contributed by atoms with E-state index in [1.807, 2.05) is 0 Å². The Kier molecular flexibility index (Phi) is 6.70. The van der Waals surface area contributed by atoms with Gasteiger partial charge in [0.1, 0.15) is 0 Å². The van der Waals surface area contributed by atoms with Gasteiger partial charge in [0, 0.05) is 18.5 Å². The van der Waals surface area contributed by atoms with E-state index >= 15 is 0 Å². The Hall–Kier alpha value is -1.39. The highest BCUT2D eigenvalue weighted by atomic mass is 16.5. The number of para-hydroxylation sites is 1. The molecule has 0 bridgehead atoms. The van der Waals surface area contributed by atoms with E-state index in [9.17, 15) is 0 Å². The summed E-state index contributed by atoms with van der Waals surface area (Å²) in [4.78, 5) is 0. The summed E-state index contributed by atoms with van der Waals surface area (Å²) in [5.41, 5.74) is 2.33. The summed E-state index contributed by atoms with van der Waals surface area (Å²) >= 11 is 0. The van der Waals surface area contributed by atoms with Gasteiger partial charge in [0.25, 0.3) is 0 Å². The van der Waals surface area contributed by atoms with Crippen molar-refractivity contribution in [1.82, 2.24) is 15.1 Å². The maximum absolute atomic E-state index is 5.66. The zero-order chi connectivity index (χ0) is 14.9. The van der Waals surface area contributed by atoms with Crippen molar-refractivity contribution >= 4 is 10.9 Å². The first-order valence-electron chi connectivity index (χ1n) is 8.09. The van der Waals surface area contributed by atoms with Crippen molar-refractivity contribution in [3.05, 3.63) is 30.0 Å². The van der Waals surface area contributed by atoms with E-state index in [-0.39, 0.29) is 0 Å². The molecule has 2 rings (SSSR count). The number of unbranched alkanes of at least 4 members (excludes halogenated alkanes) is 1. The maximum Gasteiger partial charge on any atom is 0.0841 e. The predicted molar refractivity (Wildman–Crippen MR) is 87.5 cm³/mol. The van der Waals surface area contributed by atoms with E-state index in [1.165, 1.54) is 17.3 Å². The molecule has 0 spiro atoms. The first-order valence-corrected chi connectivity index (χ1v) is 8.09. The summed E-state index contributed by atoms with van der Waals surface area (Å²) in [5.74, 6) is 0. The fourth-order valence-corrected chi connectivity index (χ4v) is 2.38. The quantitative estimate of drug-likeness (QED) is 0.682. The van der Waals surface area contributed by atoms with E-state index in [1.54, 1.807) is 0 Å². The highest BCUT2D eigenvalue weighted by Crippen LogP contribution is 2.18. The second-order valence-electron chi connectivity index (χ2n) is 5.33. The monoisotopic (exact) mass is 289 g/mol. The van der Waals surface area contributed by atoms with Crippen molar-refractivity contribution in [1.29, 1.82) is 0 Å². The largest absolute Gasteiger partial charge is 0.380 e. The summed E-state index contributed by atoms with van der Waals surface area (Å²) in [7, 11) is 0. The molecular weight excluding hydrogens is 262 g/mol. The summed E-state index contributed by atoms with van der Waals surface area (Å²) in [6.07, 6.45) is 3.45. The van der Waals surface area contributed by atoms with Gasteiger partial charge in [-0.1, -0.05) is 38.5 Å². The lowest BCUT2D eigenvalue weighted by atomic mass is 10.2. The fraction of sp³-hybridized carbons (Fsp3) is 0.588. The van der Waals surface area contributed by atoms with Crippen LogP contribution in [0.3, 0.4) is 0 Å². The van der Waals surface area contributed by atoms with Crippen LogP contribution in [0.5, 0.6) is 0 Å². The molecule has 1 N–H and O–H groups in total. The van der Waals surface area contributed by atoms with E-state index in [0.717, 1.165) is 51.4 Å². The lowest BCUT2D eigenvalue weighted by Crippen LogP contribution is -2.15. The van der Waals surface area contributed by atoms with E-state index in [0.29, 0.717) is 0 Å². The van der Waals surface area contributed by atoms with E-state index < -0.39 is 0 Å². The maximum atomic E-state index is 5.66. The summed E-state index contributed by atoms with van der Waals surface area (Å²) in [5, 5.41) is 9.43. The molecule has 0 fully saturated rings. The molecule has 1 aromatic carbocycles. The Balaban J connectivity index is 2.01. The lowest BCUT2D eigenvalue weighted by Gasteiger charge is -2.05. The van der Waals surface area contributed by atoms with Crippen molar-refractivity contribution < 1.29 is 4.74 Å². The molecule has 2 aromatic rings. The van der Waals surface area contributed by atoms with Gasteiger partial charge in [0.2, 0.25) is 0 Å². The van der Waals surface area contributed by atoms with Crippen LogP contribution in [-0.2, 0) is 17.8 Å². The number of fused-ring (bicyclic) bond motifs is 1. The molecule has 0 unspecified atom stereocenters. The van der Waals surface area contributed by atoms with Gasteiger partial charge < -0.3 is 10.1 Å². The van der Waals surface area contributed by atoms with Gasteiger partial charge in [-0.2, -0.15) is 5.10 Å². The number of nitrogens with zero attached hydrogens (tertiary/aromatic N) is 2. The SMILES string of the molecule is CCCCOCCn1nc(CNCCC)c2ccccc21. The van der Waals surface area contributed by atoms with Crippen LogP contribution in [0, 0.1) is 0 Å². The first-order chi connectivity index (χ1) is 10.4. The molecule has 0 saturated carbocycles. The number of nitrogens with one attached hydrogen (secondary N) is 1. The minimum absolute atomic E-state index is 0.730. The van der Waals surface area contributed by atoms with Crippen LogP contribution in [0.1, 0.15) is 38.8 Å². The molecule has 0 aliphatic rings. The van der Waals surface area contributed by atoms with Crippen molar-refractivity contribution in [2.24, 2.45) is 0 Å². The van der Waals surface area contributed by atoms with Crippen LogP contribution in [0.2, 0.25) is 0 Å². The number of aromatic nitrogens is 2. The molecule has 0 radical (unpaired) electrons. The number of rotatable bonds is 10. The highest BCUT2D eigenvalue weighted by Gasteiger charge is 2.09. The second kappa shape index (κ2) is 8.80. The van der Waals surface area contributed by atoms with Gasteiger partial charge in [-0.25, -0.2) is 0 Å². The molecular formula is C17H27N3O. The third-order valence-corrected chi connectivity index (χ3v) is 3.54. The molecule has 1 aromatic heterocycles. The van der Waals surface area contributed by atoms with Crippen LogP contribution >= 0.6 is 0 Å². The summed E-state index contributed by atoms with van der Waals surface area (Å²) < 4.78 is 7.73. The zero-order valence-electron chi connectivity index (χ0n) is 13.3. The number of hydrogen-bond donors (Lipinski definition) is 1. The Morgan fingerprint density at radius 3 is 2.81 bits per heavy atom. The Morgan fingerprint density at radius 1 is 1.14 bits per heavy atom. The van der Waals surface area contributed by atoms with E-state index in [2.05, 4.69) is 48.1 Å².